The Morgan fingerprint density at radius 2 is 2.20 bits per heavy atom. The Morgan fingerprint density at radius 1 is 1.48 bits per heavy atom. The van der Waals surface area contributed by atoms with Crippen molar-refractivity contribution in [2.75, 3.05) is 13.1 Å². The summed E-state index contributed by atoms with van der Waals surface area (Å²) in [6.45, 7) is 7.48. The molecule has 0 bridgehead atoms. The number of carbonyl (C=O) groups excluding carboxylic acids is 2. The maximum absolute atomic E-state index is 12.9. The summed E-state index contributed by atoms with van der Waals surface area (Å²) in [5, 5.41) is 2.57. The molecule has 2 saturated heterocycles. The summed E-state index contributed by atoms with van der Waals surface area (Å²) in [5.74, 6) is 0.391. The molecule has 1 aromatic heterocycles. The number of fused-ring (bicyclic) bond motifs is 1. The predicted molar refractivity (Wildman–Crippen MR) is 101 cm³/mol. The summed E-state index contributed by atoms with van der Waals surface area (Å²) in [5.41, 5.74) is 6.59. The Balaban J connectivity index is 0.00000225. The maximum atomic E-state index is 12.9. The number of hydrogen-bond donors (Lipinski definition) is 1. The van der Waals surface area contributed by atoms with E-state index in [9.17, 15) is 9.59 Å². The molecule has 2 N–H and O–H groups in total. The monoisotopic (exact) mass is 386 g/mol. The lowest BCUT2D eigenvalue weighted by Gasteiger charge is -2.41. The lowest BCUT2D eigenvalue weighted by atomic mass is 10.1. The van der Waals surface area contributed by atoms with E-state index in [1.807, 2.05) is 11.8 Å². The Labute approximate surface area is 159 Å². The van der Waals surface area contributed by atoms with Gasteiger partial charge >= 0.3 is 0 Å². The minimum atomic E-state index is -0.415. The molecular weight excluding hydrogens is 360 g/mol. The first-order chi connectivity index (χ1) is 11.4. The van der Waals surface area contributed by atoms with Crippen molar-refractivity contribution >= 4 is 35.6 Å². The quantitative estimate of drug-likeness (QED) is 0.861. The zero-order chi connectivity index (χ0) is 17.4. The van der Waals surface area contributed by atoms with Crippen LogP contribution in [0.1, 0.15) is 61.6 Å². The number of amides is 2. The normalized spacial score (nSPS) is 24.3. The van der Waals surface area contributed by atoms with Crippen LogP contribution in [0.25, 0.3) is 0 Å². The van der Waals surface area contributed by atoms with Gasteiger partial charge in [0.1, 0.15) is 16.7 Å². The van der Waals surface area contributed by atoms with E-state index in [1.165, 1.54) is 11.3 Å². The van der Waals surface area contributed by atoms with Crippen molar-refractivity contribution in [1.82, 2.24) is 14.8 Å². The summed E-state index contributed by atoms with van der Waals surface area (Å²) in [6.07, 6.45) is 2.84. The van der Waals surface area contributed by atoms with Crippen molar-refractivity contribution in [2.45, 2.75) is 58.2 Å². The number of hydrogen-bond acceptors (Lipinski definition) is 5. The van der Waals surface area contributed by atoms with Gasteiger partial charge in [-0.25, -0.2) is 4.98 Å². The second-order valence-electron chi connectivity index (χ2n) is 7.27. The molecule has 8 heteroatoms. The van der Waals surface area contributed by atoms with Gasteiger partial charge in [-0.1, -0.05) is 13.8 Å². The fraction of sp³-hybridized carbons (Fsp3) is 0.706. The fourth-order valence-corrected chi connectivity index (χ4v) is 4.45. The van der Waals surface area contributed by atoms with E-state index in [0.29, 0.717) is 18.2 Å². The van der Waals surface area contributed by atoms with Gasteiger partial charge in [0.2, 0.25) is 5.91 Å². The largest absolute Gasteiger partial charge is 0.336 e. The zero-order valence-electron chi connectivity index (χ0n) is 15.0. The Morgan fingerprint density at radius 3 is 2.88 bits per heavy atom. The third kappa shape index (κ3) is 3.99. The SMILES string of the molecule is CC(C)C[C@H](N)c1nc(C(=O)N2C[C@@H]3CCCN3C(=O)[C@H]2C)cs1.Cl. The highest BCUT2D eigenvalue weighted by molar-refractivity contribution is 7.09. The second-order valence-corrected chi connectivity index (χ2v) is 8.16. The van der Waals surface area contributed by atoms with Crippen molar-refractivity contribution in [3.63, 3.8) is 0 Å². The molecular formula is C17H27ClN4O2S. The van der Waals surface area contributed by atoms with Crippen molar-refractivity contribution in [1.29, 1.82) is 0 Å². The summed E-state index contributed by atoms with van der Waals surface area (Å²) >= 11 is 1.43. The molecule has 0 unspecified atom stereocenters. The summed E-state index contributed by atoms with van der Waals surface area (Å²) < 4.78 is 0. The topological polar surface area (TPSA) is 79.5 Å². The highest BCUT2D eigenvalue weighted by atomic mass is 35.5. The van der Waals surface area contributed by atoms with Crippen LogP contribution in [-0.4, -0.2) is 51.8 Å². The Hall–Kier alpha value is -1.18. The Kier molecular flexibility index (Phi) is 6.45. The van der Waals surface area contributed by atoms with Gasteiger partial charge in [0, 0.05) is 24.5 Å². The minimum absolute atomic E-state index is 0. The van der Waals surface area contributed by atoms with Crippen LogP contribution in [0.15, 0.2) is 5.38 Å². The first-order valence-corrected chi connectivity index (χ1v) is 9.59. The lowest BCUT2D eigenvalue weighted by Crippen LogP contribution is -2.60. The molecule has 0 spiro atoms. The number of nitrogens with two attached hydrogens (primary N) is 1. The van der Waals surface area contributed by atoms with Crippen LogP contribution < -0.4 is 5.73 Å². The standard InChI is InChI=1S/C17H26N4O2S.ClH/c1-10(2)7-13(18)15-19-14(9-24-15)17(23)21-8-12-5-4-6-20(12)16(22)11(21)3;/h9-13H,4-8,18H2,1-3H3;1H/t11-,12+,13+;/m1./s1. The highest BCUT2D eigenvalue weighted by Gasteiger charge is 2.42. The lowest BCUT2D eigenvalue weighted by molar-refractivity contribution is -0.141. The highest BCUT2D eigenvalue weighted by Crippen LogP contribution is 2.28. The molecule has 0 aliphatic carbocycles. The number of aromatic nitrogens is 1. The number of halogens is 1. The van der Waals surface area contributed by atoms with Crippen LogP contribution in [0.3, 0.4) is 0 Å². The Bertz CT molecular complexity index is 636. The molecule has 6 nitrogen and oxygen atoms in total. The molecule has 1 aromatic rings. The number of thiazole rings is 1. The van der Waals surface area contributed by atoms with Crippen molar-refractivity contribution < 1.29 is 9.59 Å². The van der Waals surface area contributed by atoms with Crippen LogP contribution in [-0.2, 0) is 4.79 Å². The molecule has 2 aliphatic rings. The average molecular weight is 387 g/mol. The molecule has 2 fully saturated rings. The molecule has 3 rings (SSSR count). The molecule has 2 amide bonds. The van der Waals surface area contributed by atoms with E-state index in [0.717, 1.165) is 30.8 Å². The van der Waals surface area contributed by atoms with Crippen molar-refractivity contribution in [3.05, 3.63) is 16.1 Å². The number of carbonyl (C=O) groups is 2. The minimum Gasteiger partial charge on any atom is -0.336 e. The zero-order valence-corrected chi connectivity index (χ0v) is 16.6. The molecule has 2 aliphatic heterocycles. The van der Waals surface area contributed by atoms with Crippen molar-refractivity contribution in [2.24, 2.45) is 11.7 Å². The van der Waals surface area contributed by atoms with Crippen LogP contribution in [0.5, 0.6) is 0 Å². The average Bonchev–Trinajstić information content (AvgIpc) is 3.18. The second kappa shape index (κ2) is 8.01. The van der Waals surface area contributed by atoms with Crippen LogP contribution in [0.2, 0.25) is 0 Å². The molecule has 0 aromatic carbocycles. The van der Waals surface area contributed by atoms with Gasteiger partial charge in [0.15, 0.2) is 0 Å². The smallest absolute Gasteiger partial charge is 0.274 e. The molecule has 140 valence electrons. The first-order valence-electron chi connectivity index (χ1n) is 8.71. The fourth-order valence-electron chi connectivity index (χ4n) is 3.64. The molecule has 25 heavy (non-hydrogen) atoms. The van der Waals surface area contributed by atoms with Crippen LogP contribution >= 0.6 is 23.7 Å². The van der Waals surface area contributed by atoms with Gasteiger partial charge in [-0.3, -0.25) is 9.59 Å². The van der Waals surface area contributed by atoms with Crippen LogP contribution in [0, 0.1) is 5.92 Å². The van der Waals surface area contributed by atoms with E-state index in [2.05, 4.69) is 18.8 Å². The molecule has 0 saturated carbocycles. The summed E-state index contributed by atoms with van der Waals surface area (Å²) in [4.78, 5) is 33.4. The number of nitrogens with zero attached hydrogens (tertiary/aromatic N) is 3. The van der Waals surface area contributed by atoms with Gasteiger partial charge in [-0.15, -0.1) is 23.7 Å². The number of piperazine rings is 1. The van der Waals surface area contributed by atoms with E-state index >= 15 is 0 Å². The maximum Gasteiger partial charge on any atom is 0.274 e. The third-order valence-corrected chi connectivity index (χ3v) is 5.91. The van der Waals surface area contributed by atoms with E-state index in [1.54, 1.807) is 10.3 Å². The van der Waals surface area contributed by atoms with Gasteiger partial charge in [-0.05, 0) is 32.1 Å². The molecule has 0 radical (unpaired) electrons. The summed E-state index contributed by atoms with van der Waals surface area (Å²) in [6, 6.07) is -0.387. The van der Waals surface area contributed by atoms with Gasteiger partial charge in [-0.2, -0.15) is 0 Å². The predicted octanol–water partition coefficient (Wildman–Crippen LogP) is 2.45. The molecule has 3 heterocycles. The molecule has 3 atom stereocenters. The van der Waals surface area contributed by atoms with E-state index in [-0.39, 0.29) is 36.3 Å². The van der Waals surface area contributed by atoms with Crippen LogP contribution in [0.4, 0.5) is 0 Å². The van der Waals surface area contributed by atoms with E-state index < -0.39 is 6.04 Å². The van der Waals surface area contributed by atoms with Crippen molar-refractivity contribution in [3.8, 4) is 0 Å². The van der Waals surface area contributed by atoms with E-state index in [4.69, 9.17) is 5.73 Å². The van der Waals surface area contributed by atoms with Gasteiger partial charge in [0.05, 0.1) is 6.04 Å². The number of rotatable bonds is 4. The first kappa shape index (κ1) is 20.1. The third-order valence-electron chi connectivity index (χ3n) is 4.94. The summed E-state index contributed by atoms with van der Waals surface area (Å²) in [7, 11) is 0. The van der Waals surface area contributed by atoms with Gasteiger partial charge < -0.3 is 15.5 Å². The van der Waals surface area contributed by atoms with Gasteiger partial charge in [0.25, 0.3) is 5.91 Å².